The lowest BCUT2D eigenvalue weighted by atomic mass is 10.2. The maximum Gasteiger partial charge on any atom is 0.128 e. The van der Waals surface area contributed by atoms with Crippen LogP contribution in [-0.2, 0) is 6.54 Å². The highest BCUT2D eigenvalue weighted by Gasteiger charge is 2.16. The van der Waals surface area contributed by atoms with Crippen LogP contribution in [0.5, 0.6) is 0 Å². The van der Waals surface area contributed by atoms with Crippen molar-refractivity contribution >= 4 is 22.6 Å². The first kappa shape index (κ1) is 12.3. The Morgan fingerprint density at radius 1 is 1.37 bits per heavy atom. The molecule has 0 bridgehead atoms. The summed E-state index contributed by atoms with van der Waals surface area (Å²) in [6.07, 6.45) is 3.44. The summed E-state index contributed by atoms with van der Waals surface area (Å²) in [6, 6.07) is 8.16. The molecule has 0 aliphatic rings. The maximum atomic E-state index is 6.27. The summed E-state index contributed by atoms with van der Waals surface area (Å²) >= 11 is 6.27. The molecule has 0 amide bonds. The molecule has 0 radical (unpaired) electrons. The Morgan fingerprint density at radius 3 is 2.89 bits per heavy atom. The largest absolute Gasteiger partial charge is 0.472 e. The summed E-state index contributed by atoms with van der Waals surface area (Å²) < 4.78 is 7.29. The molecule has 3 aromatic rings. The second kappa shape index (κ2) is 4.74. The average Bonchev–Trinajstić information content (AvgIpc) is 2.99. The van der Waals surface area contributed by atoms with E-state index in [0.29, 0.717) is 0 Å². The fourth-order valence-electron chi connectivity index (χ4n) is 2.34. The lowest BCUT2D eigenvalue weighted by Crippen LogP contribution is -2.05. The van der Waals surface area contributed by atoms with Gasteiger partial charge in [0.15, 0.2) is 0 Å². The molecule has 0 aliphatic carbocycles. The lowest BCUT2D eigenvalue weighted by Gasteiger charge is -2.09. The molecule has 1 atom stereocenters. The van der Waals surface area contributed by atoms with Gasteiger partial charge in [0.2, 0.25) is 0 Å². The van der Waals surface area contributed by atoms with Gasteiger partial charge >= 0.3 is 0 Å². The van der Waals surface area contributed by atoms with E-state index in [0.717, 1.165) is 29.0 Å². The molecular weight excluding hydrogens is 260 g/mol. The van der Waals surface area contributed by atoms with Crippen molar-refractivity contribution in [3.63, 3.8) is 0 Å². The van der Waals surface area contributed by atoms with Gasteiger partial charge in [0.25, 0.3) is 0 Å². The normalized spacial score (nSPS) is 13.0. The molecule has 3 rings (SSSR count). The molecule has 0 aliphatic heterocycles. The van der Waals surface area contributed by atoms with Crippen LogP contribution >= 0.6 is 11.6 Å². The van der Waals surface area contributed by atoms with Gasteiger partial charge in [0, 0.05) is 5.56 Å². The molecule has 19 heavy (non-hydrogen) atoms. The van der Waals surface area contributed by atoms with Gasteiger partial charge in [-0.2, -0.15) is 0 Å². The standard InChI is InChI=1S/C15H15ClN2O/c1-10-4-3-5-13-14(10)17-15(11(2)16)18(13)8-12-6-7-19-9-12/h3-7,9,11H,8H2,1-2H3. The zero-order chi connectivity index (χ0) is 13.4. The summed E-state index contributed by atoms with van der Waals surface area (Å²) in [6.45, 7) is 4.74. The number of rotatable bonds is 3. The number of hydrogen-bond acceptors (Lipinski definition) is 2. The predicted molar refractivity (Wildman–Crippen MR) is 76.5 cm³/mol. The topological polar surface area (TPSA) is 31.0 Å². The third-order valence-electron chi connectivity index (χ3n) is 3.29. The molecule has 0 spiro atoms. The van der Waals surface area contributed by atoms with Crippen molar-refractivity contribution in [2.75, 3.05) is 0 Å². The zero-order valence-corrected chi connectivity index (χ0v) is 11.7. The Bertz CT molecular complexity index is 698. The SMILES string of the molecule is Cc1cccc2c1nc(C(C)Cl)n2Cc1ccoc1. The molecule has 1 unspecified atom stereocenters. The lowest BCUT2D eigenvalue weighted by molar-refractivity contribution is 0.562. The minimum absolute atomic E-state index is 0.126. The Labute approximate surface area is 116 Å². The third-order valence-corrected chi connectivity index (χ3v) is 3.48. The Balaban J connectivity index is 2.19. The van der Waals surface area contributed by atoms with Gasteiger partial charge in [0.05, 0.1) is 35.5 Å². The minimum atomic E-state index is -0.126. The highest BCUT2D eigenvalue weighted by molar-refractivity contribution is 6.20. The van der Waals surface area contributed by atoms with E-state index < -0.39 is 0 Å². The van der Waals surface area contributed by atoms with Gasteiger partial charge in [-0.3, -0.25) is 0 Å². The Hall–Kier alpha value is -1.74. The Morgan fingerprint density at radius 2 is 2.21 bits per heavy atom. The second-order valence-corrected chi connectivity index (χ2v) is 5.40. The molecule has 0 saturated heterocycles. The summed E-state index contributed by atoms with van der Waals surface area (Å²) in [7, 11) is 0. The van der Waals surface area contributed by atoms with Gasteiger partial charge in [-0.15, -0.1) is 11.6 Å². The molecule has 3 nitrogen and oxygen atoms in total. The summed E-state index contributed by atoms with van der Waals surface area (Å²) in [5.41, 5.74) is 4.42. The maximum absolute atomic E-state index is 6.27. The minimum Gasteiger partial charge on any atom is -0.472 e. The van der Waals surface area contributed by atoms with Crippen LogP contribution in [-0.4, -0.2) is 9.55 Å². The van der Waals surface area contributed by atoms with Crippen molar-refractivity contribution < 1.29 is 4.42 Å². The third kappa shape index (κ3) is 2.15. The number of para-hydroxylation sites is 1. The fraction of sp³-hybridized carbons (Fsp3) is 0.267. The molecule has 0 N–H and O–H groups in total. The van der Waals surface area contributed by atoms with E-state index >= 15 is 0 Å². The molecule has 2 heterocycles. The highest BCUT2D eigenvalue weighted by atomic mass is 35.5. The van der Waals surface area contributed by atoms with Crippen LogP contribution in [0.25, 0.3) is 11.0 Å². The number of aryl methyl sites for hydroxylation is 1. The summed E-state index contributed by atoms with van der Waals surface area (Å²) in [5, 5.41) is -0.126. The number of benzene rings is 1. The van der Waals surface area contributed by atoms with Gasteiger partial charge in [-0.1, -0.05) is 12.1 Å². The average molecular weight is 275 g/mol. The van der Waals surface area contributed by atoms with Crippen LogP contribution in [0.4, 0.5) is 0 Å². The molecule has 1 aromatic carbocycles. The fourth-order valence-corrected chi connectivity index (χ4v) is 2.51. The van der Waals surface area contributed by atoms with E-state index in [2.05, 4.69) is 23.6 Å². The van der Waals surface area contributed by atoms with E-state index in [1.54, 1.807) is 12.5 Å². The van der Waals surface area contributed by atoms with Crippen molar-refractivity contribution in [2.24, 2.45) is 0 Å². The van der Waals surface area contributed by atoms with Crippen molar-refractivity contribution in [2.45, 2.75) is 25.8 Å². The molecule has 2 aromatic heterocycles. The number of halogens is 1. The first-order valence-corrected chi connectivity index (χ1v) is 6.71. The summed E-state index contributed by atoms with van der Waals surface area (Å²) in [5.74, 6) is 0.896. The Kier molecular flexibility index (Phi) is 3.07. The van der Waals surface area contributed by atoms with Crippen LogP contribution in [0.1, 0.15) is 29.3 Å². The van der Waals surface area contributed by atoms with E-state index in [4.69, 9.17) is 21.0 Å². The van der Waals surface area contributed by atoms with Gasteiger partial charge in [-0.25, -0.2) is 4.98 Å². The summed E-state index contributed by atoms with van der Waals surface area (Å²) in [4.78, 5) is 4.69. The smallest absolute Gasteiger partial charge is 0.128 e. The van der Waals surface area contributed by atoms with Crippen LogP contribution in [0.2, 0.25) is 0 Å². The zero-order valence-electron chi connectivity index (χ0n) is 10.9. The van der Waals surface area contributed by atoms with Gasteiger partial charge in [-0.05, 0) is 31.5 Å². The number of fused-ring (bicyclic) bond motifs is 1. The first-order chi connectivity index (χ1) is 9.16. The van der Waals surface area contributed by atoms with Crippen LogP contribution in [0.15, 0.2) is 41.2 Å². The van der Waals surface area contributed by atoms with Crippen molar-refractivity contribution in [1.29, 1.82) is 0 Å². The molecule has 0 saturated carbocycles. The monoisotopic (exact) mass is 274 g/mol. The van der Waals surface area contributed by atoms with Gasteiger partial charge in [0.1, 0.15) is 5.82 Å². The van der Waals surface area contributed by atoms with E-state index in [1.807, 2.05) is 19.1 Å². The number of alkyl halides is 1. The van der Waals surface area contributed by atoms with Crippen LogP contribution in [0, 0.1) is 6.92 Å². The number of nitrogens with zero attached hydrogens (tertiary/aromatic N) is 2. The molecular formula is C15H15ClN2O. The number of furan rings is 1. The van der Waals surface area contributed by atoms with Crippen LogP contribution in [0.3, 0.4) is 0 Å². The van der Waals surface area contributed by atoms with Crippen molar-refractivity contribution in [1.82, 2.24) is 9.55 Å². The number of aromatic nitrogens is 2. The number of imidazole rings is 1. The van der Waals surface area contributed by atoms with E-state index in [-0.39, 0.29) is 5.38 Å². The predicted octanol–water partition coefficient (Wildman–Crippen LogP) is 4.29. The van der Waals surface area contributed by atoms with Crippen molar-refractivity contribution in [3.05, 3.63) is 53.7 Å². The van der Waals surface area contributed by atoms with E-state index in [1.165, 1.54) is 5.56 Å². The van der Waals surface area contributed by atoms with E-state index in [9.17, 15) is 0 Å². The molecule has 4 heteroatoms. The second-order valence-electron chi connectivity index (χ2n) is 4.75. The first-order valence-electron chi connectivity index (χ1n) is 6.27. The highest BCUT2D eigenvalue weighted by Crippen LogP contribution is 2.27. The van der Waals surface area contributed by atoms with Gasteiger partial charge < -0.3 is 8.98 Å². The van der Waals surface area contributed by atoms with Crippen molar-refractivity contribution in [3.8, 4) is 0 Å². The molecule has 98 valence electrons. The molecule has 0 fully saturated rings. The van der Waals surface area contributed by atoms with Crippen LogP contribution < -0.4 is 0 Å². The number of hydrogen-bond donors (Lipinski definition) is 0. The quantitative estimate of drug-likeness (QED) is 0.667.